The summed E-state index contributed by atoms with van der Waals surface area (Å²) in [6.07, 6.45) is 1.11. The Morgan fingerprint density at radius 1 is 1.03 bits per heavy atom. The van der Waals surface area contributed by atoms with Gasteiger partial charge in [0.25, 0.3) is 0 Å². The van der Waals surface area contributed by atoms with Crippen LogP contribution in [0.2, 0.25) is 0 Å². The lowest BCUT2D eigenvalue weighted by atomic mass is 9.63. The molecule has 8 heteroatoms. The van der Waals surface area contributed by atoms with E-state index < -0.39 is 33.8 Å². The Morgan fingerprint density at radius 2 is 1.66 bits per heavy atom. The van der Waals surface area contributed by atoms with Gasteiger partial charge in [-0.05, 0) is 30.4 Å². The maximum absolute atomic E-state index is 13.6. The van der Waals surface area contributed by atoms with E-state index in [0.717, 1.165) is 12.1 Å². The average molecular weight is 393 g/mol. The molecule has 1 aromatic heterocycles. The fourth-order valence-corrected chi connectivity index (χ4v) is 4.95. The first-order valence-corrected chi connectivity index (χ1v) is 9.12. The molecule has 1 saturated carbocycles. The molecule has 1 fully saturated rings. The first-order valence-electron chi connectivity index (χ1n) is 9.12. The first-order chi connectivity index (χ1) is 13.6. The van der Waals surface area contributed by atoms with E-state index >= 15 is 0 Å². The van der Waals surface area contributed by atoms with E-state index in [-0.39, 0.29) is 17.1 Å². The molecule has 1 aromatic carbocycles. The summed E-state index contributed by atoms with van der Waals surface area (Å²) < 4.78 is 26.9. The number of rotatable bonds is 2. The second-order valence-corrected chi connectivity index (χ2v) is 8.29. The quantitative estimate of drug-likeness (QED) is 0.842. The third-order valence-electron chi connectivity index (χ3n) is 7.05. The summed E-state index contributed by atoms with van der Waals surface area (Å²) in [5, 5.41) is 21.4. The predicted molar refractivity (Wildman–Crippen MR) is 98.5 cm³/mol. The molecule has 29 heavy (non-hydrogen) atoms. The molecule has 4 rings (SSSR count). The lowest BCUT2D eigenvalue weighted by Gasteiger charge is -2.39. The zero-order valence-electron chi connectivity index (χ0n) is 16.1. The van der Waals surface area contributed by atoms with Crippen LogP contribution >= 0.6 is 0 Å². The maximum Gasteiger partial charge on any atom is 0.237 e. The predicted octanol–water partition coefficient (Wildman–Crippen LogP) is 3.47. The molecule has 2 atom stereocenters. The van der Waals surface area contributed by atoms with Crippen LogP contribution in [0.5, 0.6) is 0 Å². The number of amides is 1. The van der Waals surface area contributed by atoms with Gasteiger partial charge >= 0.3 is 0 Å². The van der Waals surface area contributed by atoms with E-state index in [1.165, 1.54) is 6.07 Å². The summed E-state index contributed by atoms with van der Waals surface area (Å²) in [6.45, 7) is 5.85. The van der Waals surface area contributed by atoms with Gasteiger partial charge in [-0.1, -0.05) is 20.8 Å². The minimum absolute atomic E-state index is 0.0630. The summed E-state index contributed by atoms with van der Waals surface area (Å²) >= 11 is 0. The number of hydrogen-bond donors (Lipinski definition) is 1. The number of anilines is 1. The van der Waals surface area contributed by atoms with Crippen molar-refractivity contribution in [3.8, 4) is 12.1 Å². The molecule has 2 aliphatic carbocycles. The van der Waals surface area contributed by atoms with Crippen molar-refractivity contribution < 1.29 is 13.6 Å². The molecule has 0 radical (unpaired) electrons. The number of nitrogens with one attached hydrogen (secondary N) is 1. The highest BCUT2D eigenvalue weighted by Gasteiger charge is 2.73. The zero-order valence-corrected chi connectivity index (χ0v) is 16.1. The molecule has 0 unspecified atom stereocenters. The van der Waals surface area contributed by atoms with E-state index in [9.17, 15) is 24.1 Å². The van der Waals surface area contributed by atoms with Crippen molar-refractivity contribution in [2.45, 2.75) is 44.4 Å². The fraction of sp³-hybridized carbons (Fsp3) is 0.381. The van der Waals surface area contributed by atoms with Crippen molar-refractivity contribution in [3.63, 3.8) is 0 Å². The Balaban J connectivity index is 1.89. The number of hydrogen-bond acceptors (Lipinski definition) is 5. The molecule has 1 amide bonds. The van der Waals surface area contributed by atoms with Crippen LogP contribution in [0.1, 0.15) is 56.4 Å². The van der Waals surface area contributed by atoms with Crippen LogP contribution in [0, 0.1) is 39.7 Å². The van der Waals surface area contributed by atoms with Crippen LogP contribution in [0.4, 0.5) is 14.5 Å². The van der Waals surface area contributed by atoms with Gasteiger partial charge in [-0.25, -0.2) is 18.7 Å². The van der Waals surface area contributed by atoms with Gasteiger partial charge in [0.05, 0.1) is 16.8 Å². The summed E-state index contributed by atoms with van der Waals surface area (Å²) in [5.41, 5.74) is -1.41. The molecule has 2 bridgehead atoms. The van der Waals surface area contributed by atoms with E-state index in [0.29, 0.717) is 24.2 Å². The van der Waals surface area contributed by atoms with Gasteiger partial charge in [0, 0.05) is 17.2 Å². The van der Waals surface area contributed by atoms with Crippen molar-refractivity contribution in [2.75, 3.05) is 5.32 Å². The van der Waals surface area contributed by atoms with E-state index in [4.69, 9.17) is 0 Å². The van der Waals surface area contributed by atoms with Gasteiger partial charge in [-0.2, -0.15) is 10.5 Å². The number of fused-ring (bicyclic) bond motifs is 5. The highest BCUT2D eigenvalue weighted by molar-refractivity contribution is 6.01. The van der Waals surface area contributed by atoms with Crippen LogP contribution in [-0.4, -0.2) is 15.9 Å². The summed E-state index contributed by atoms with van der Waals surface area (Å²) in [5.74, 6) is -2.48. The Kier molecular flexibility index (Phi) is 3.79. The van der Waals surface area contributed by atoms with Crippen LogP contribution in [-0.2, 0) is 15.6 Å². The third kappa shape index (κ3) is 2.14. The molecule has 0 spiro atoms. The lowest BCUT2D eigenvalue weighted by molar-refractivity contribution is -0.125. The molecular formula is C21H17F2N5O. The number of halogens is 2. The van der Waals surface area contributed by atoms with Crippen LogP contribution in [0.25, 0.3) is 0 Å². The Labute approximate surface area is 166 Å². The SMILES string of the molecule is CC1(C)[C@@]2(C)CC[C@]1(C(=O)Nc1ccc(F)c(F)c1)c1nc(C#N)c(C#N)nc12. The molecule has 0 saturated heterocycles. The molecule has 6 nitrogen and oxygen atoms in total. The first kappa shape index (κ1) is 18.9. The van der Waals surface area contributed by atoms with Gasteiger partial charge in [0.2, 0.25) is 5.91 Å². The molecule has 1 heterocycles. The van der Waals surface area contributed by atoms with Crippen molar-refractivity contribution in [3.05, 3.63) is 52.6 Å². The largest absolute Gasteiger partial charge is 0.325 e. The number of carbonyl (C=O) groups is 1. The average Bonchev–Trinajstić information content (AvgIpc) is 2.99. The van der Waals surface area contributed by atoms with Crippen molar-refractivity contribution >= 4 is 11.6 Å². The minimum Gasteiger partial charge on any atom is -0.325 e. The molecular weight excluding hydrogens is 376 g/mol. The maximum atomic E-state index is 13.6. The Hall–Kier alpha value is -3.39. The topological polar surface area (TPSA) is 102 Å². The standard InChI is InChI=1S/C21H17F2N5O/c1-19(2)20(3)6-7-21(19,17-16(20)27-14(9-24)15(10-25)28-17)18(29)26-11-4-5-12(22)13(23)8-11/h4-5,8H,6-7H2,1-3H3,(H,26,29)/t20-,21+/m0/s1. The van der Waals surface area contributed by atoms with E-state index in [2.05, 4.69) is 15.3 Å². The van der Waals surface area contributed by atoms with Gasteiger partial charge in [-0.3, -0.25) is 4.79 Å². The van der Waals surface area contributed by atoms with Crippen LogP contribution < -0.4 is 5.32 Å². The van der Waals surface area contributed by atoms with E-state index in [1.54, 1.807) is 0 Å². The minimum atomic E-state index is -1.12. The Bertz CT molecular complexity index is 1160. The smallest absolute Gasteiger partial charge is 0.237 e. The molecule has 0 aliphatic heterocycles. The number of nitrogens with zero attached hydrogens (tertiary/aromatic N) is 4. The fourth-order valence-electron chi connectivity index (χ4n) is 4.95. The van der Waals surface area contributed by atoms with Gasteiger partial charge in [0.15, 0.2) is 23.0 Å². The second-order valence-electron chi connectivity index (χ2n) is 8.29. The third-order valence-corrected chi connectivity index (χ3v) is 7.05. The molecule has 1 N–H and O–H groups in total. The number of benzene rings is 1. The highest BCUT2D eigenvalue weighted by Crippen LogP contribution is 2.70. The molecule has 2 aromatic rings. The number of carbonyl (C=O) groups excluding carboxylic acids is 1. The van der Waals surface area contributed by atoms with Gasteiger partial charge < -0.3 is 5.32 Å². The number of nitriles is 2. The summed E-state index contributed by atoms with van der Waals surface area (Å²) in [4.78, 5) is 22.3. The van der Waals surface area contributed by atoms with E-state index in [1.807, 2.05) is 32.9 Å². The van der Waals surface area contributed by atoms with Crippen molar-refractivity contribution in [1.29, 1.82) is 10.5 Å². The number of aromatic nitrogens is 2. The molecule has 146 valence electrons. The Morgan fingerprint density at radius 3 is 2.24 bits per heavy atom. The van der Waals surface area contributed by atoms with Crippen LogP contribution in [0.15, 0.2) is 18.2 Å². The summed E-state index contributed by atoms with van der Waals surface area (Å²) in [6, 6.07) is 6.93. The highest BCUT2D eigenvalue weighted by atomic mass is 19.2. The normalized spacial score (nSPS) is 25.8. The lowest BCUT2D eigenvalue weighted by Crippen LogP contribution is -2.48. The van der Waals surface area contributed by atoms with Gasteiger partial charge in [0.1, 0.15) is 12.1 Å². The second kappa shape index (κ2) is 5.81. The molecule has 2 aliphatic rings. The zero-order chi connectivity index (χ0) is 21.2. The van der Waals surface area contributed by atoms with Gasteiger partial charge in [-0.15, -0.1) is 0 Å². The monoisotopic (exact) mass is 393 g/mol. The van der Waals surface area contributed by atoms with Crippen LogP contribution in [0.3, 0.4) is 0 Å². The van der Waals surface area contributed by atoms with Crippen molar-refractivity contribution in [2.24, 2.45) is 5.41 Å². The van der Waals surface area contributed by atoms with Crippen molar-refractivity contribution in [1.82, 2.24) is 9.97 Å². The summed E-state index contributed by atoms with van der Waals surface area (Å²) in [7, 11) is 0.